The number of methoxy groups -OCH3 is 1. The molecule has 17 heavy (non-hydrogen) atoms. The molecule has 0 saturated heterocycles. The van der Waals surface area contributed by atoms with Crippen molar-refractivity contribution in [2.45, 2.75) is 44.4 Å². The lowest BCUT2D eigenvalue weighted by atomic mass is 10.6. The molecule has 1 rings (SSSR count). The summed E-state index contributed by atoms with van der Waals surface area (Å²) in [6, 6.07) is 1.81. The van der Waals surface area contributed by atoms with Crippen LogP contribution in [0.5, 0.6) is 5.88 Å². The van der Waals surface area contributed by atoms with Gasteiger partial charge in [-0.3, -0.25) is 0 Å². The Morgan fingerprint density at radius 2 is 1.59 bits per heavy atom. The molecule has 3 nitrogen and oxygen atoms in total. The molecular formula is C12H24N2OSi2. The predicted octanol–water partition coefficient (Wildman–Crippen LogP) is 3.32. The van der Waals surface area contributed by atoms with Crippen molar-refractivity contribution in [1.29, 1.82) is 0 Å². The number of nitrogens with zero attached hydrogens (tertiary/aromatic N) is 2. The Labute approximate surface area is 107 Å². The molecule has 0 aromatic carbocycles. The highest BCUT2D eigenvalue weighted by Gasteiger charge is 2.40. The van der Waals surface area contributed by atoms with Gasteiger partial charge in [0.25, 0.3) is 0 Å². The average Bonchev–Trinajstić information content (AvgIpc) is 2.13. The van der Waals surface area contributed by atoms with E-state index in [1.807, 2.05) is 12.3 Å². The minimum Gasteiger partial charge on any atom is -0.481 e. The van der Waals surface area contributed by atoms with E-state index < -0.39 is 16.1 Å². The van der Waals surface area contributed by atoms with Crippen molar-refractivity contribution in [2.24, 2.45) is 0 Å². The minimum absolute atomic E-state index is 0.560. The Kier molecular flexibility index (Phi) is 4.14. The van der Waals surface area contributed by atoms with Crippen LogP contribution in [-0.2, 0) is 0 Å². The third-order valence-corrected chi connectivity index (χ3v) is 12.0. The molecule has 1 aromatic heterocycles. The molecule has 0 aliphatic rings. The van der Waals surface area contributed by atoms with Gasteiger partial charge in [-0.25, -0.2) is 4.98 Å². The second-order valence-electron chi connectivity index (χ2n) is 6.62. The minimum atomic E-state index is -1.32. The molecule has 0 radical (unpaired) electrons. The van der Waals surface area contributed by atoms with Gasteiger partial charge in [-0.05, 0) is 0 Å². The van der Waals surface area contributed by atoms with Crippen LogP contribution in [0.2, 0.25) is 39.3 Å². The Morgan fingerprint density at radius 3 is 2.00 bits per heavy atom. The van der Waals surface area contributed by atoms with Crippen molar-refractivity contribution < 1.29 is 4.74 Å². The lowest BCUT2D eigenvalue weighted by Gasteiger charge is -2.37. The summed E-state index contributed by atoms with van der Waals surface area (Å²) in [5.74, 6) is 1.67. The van der Waals surface area contributed by atoms with E-state index >= 15 is 0 Å². The zero-order valence-electron chi connectivity index (χ0n) is 12.0. The molecule has 0 aliphatic heterocycles. The molecule has 0 aliphatic carbocycles. The van der Waals surface area contributed by atoms with Crippen LogP contribution >= 0.6 is 0 Å². The molecule has 0 unspecified atom stereocenters. The second-order valence-corrected chi connectivity index (χ2v) is 17.8. The van der Waals surface area contributed by atoms with Gasteiger partial charge in [-0.1, -0.05) is 39.3 Å². The van der Waals surface area contributed by atoms with Gasteiger partial charge in [0, 0.05) is 17.4 Å². The van der Waals surface area contributed by atoms with Crippen molar-refractivity contribution in [3.8, 4) is 5.88 Å². The third-order valence-electron chi connectivity index (χ3n) is 2.85. The zero-order valence-corrected chi connectivity index (χ0v) is 14.0. The summed E-state index contributed by atoms with van der Waals surface area (Å²) in [7, 11) is -0.978. The summed E-state index contributed by atoms with van der Waals surface area (Å²) in [6.45, 7) is 14.4. The van der Waals surface area contributed by atoms with Gasteiger partial charge >= 0.3 is 0 Å². The molecule has 0 N–H and O–H groups in total. The summed E-state index contributed by atoms with van der Waals surface area (Å²) in [5.41, 5.74) is 0. The van der Waals surface area contributed by atoms with Crippen LogP contribution in [0.25, 0.3) is 0 Å². The SMILES string of the molecule is COc1ccnc(C([Si](C)(C)C)[Si](C)(C)C)n1. The van der Waals surface area contributed by atoms with E-state index in [1.165, 1.54) is 0 Å². The van der Waals surface area contributed by atoms with Crippen molar-refractivity contribution in [2.75, 3.05) is 7.11 Å². The molecule has 0 fully saturated rings. The fraction of sp³-hybridized carbons (Fsp3) is 0.667. The summed E-state index contributed by atoms with van der Waals surface area (Å²) < 4.78 is 5.21. The van der Waals surface area contributed by atoms with Crippen LogP contribution in [0.3, 0.4) is 0 Å². The molecule has 0 bridgehead atoms. The van der Waals surface area contributed by atoms with Gasteiger partial charge in [0.2, 0.25) is 5.88 Å². The van der Waals surface area contributed by atoms with Crippen molar-refractivity contribution >= 4 is 16.1 Å². The van der Waals surface area contributed by atoms with Crippen molar-refractivity contribution in [3.63, 3.8) is 0 Å². The summed E-state index contributed by atoms with van der Waals surface area (Å²) in [5, 5.41) is 0.560. The largest absolute Gasteiger partial charge is 0.481 e. The van der Waals surface area contributed by atoms with E-state index in [-0.39, 0.29) is 0 Å². The number of aromatic nitrogens is 2. The molecular weight excluding hydrogens is 244 g/mol. The molecule has 0 saturated carbocycles. The van der Waals surface area contributed by atoms with Crippen molar-refractivity contribution in [3.05, 3.63) is 18.1 Å². The van der Waals surface area contributed by atoms with Gasteiger partial charge in [0.1, 0.15) is 5.82 Å². The van der Waals surface area contributed by atoms with Gasteiger partial charge in [-0.15, -0.1) is 0 Å². The third kappa shape index (κ3) is 3.64. The van der Waals surface area contributed by atoms with Crippen molar-refractivity contribution in [1.82, 2.24) is 9.97 Å². The number of hydrogen-bond acceptors (Lipinski definition) is 3. The van der Waals surface area contributed by atoms with Crippen LogP contribution in [0.1, 0.15) is 11.0 Å². The maximum absolute atomic E-state index is 5.21. The highest BCUT2D eigenvalue weighted by Crippen LogP contribution is 2.34. The van der Waals surface area contributed by atoms with Crippen LogP contribution in [0.15, 0.2) is 12.3 Å². The summed E-state index contributed by atoms with van der Waals surface area (Å²) >= 11 is 0. The maximum atomic E-state index is 5.21. The second kappa shape index (κ2) is 4.90. The first kappa shape index (κ1) is 14.4. The summed E-state index contributed by atoms with van der Waals surface area (Å²) in [4.78, 5) is 9.06. The molecule has 0 spiro atoms. The normalized spacial score (nSPS) is 12.9. The predicted molar refractivity (Wildman–Crippen MR) is 78.0 cm³/mol. The molecule has 0 amide bonds. The lowest BCUT2D eigenvalue weighted by Crippen LogP contribution is -2.47. The van der Waals surface area contributed by atoms with E-state index in [0.29, 0.717) is 11.0 Å². The van der Waals surface area contributed by atoms with Crippen LogP contribution < -0.4 is 4.74 Å². The number of hydrogen-bond donors (Lipinski definition) is 0. The zero-order chi connectivity index (χ0) is 13.3. The van der Waals surface area contributed by atoms with E-state index in [1.54, 1.807) is 7.11 Å². The van der Waals surface area contributed by atoms with Gasteiger partial charge in [0.15, 0.2) is 0 Å². The summed E-state index contributed by atoms with van der Waals surface area (Å²) in [6.07, 6.45) is 1.81. The quantitative estimate of drug-likeness (QED) is 0.786. The Bertz CT molecular complexity index is 369. The Hall–Kier alpha value is -0.686. The Balaban J connectivity index is 3.23. The van der Waals surface area contributed by atoms with Gasteiger partial charge < -0.3 is 4.74 Å². The molecule has 96 valence electrons. The molecule has 5 heteroatoms. The first-order valence-corrected chi connectivity index (χ1v) is 13.2. The van der Waals surface area contributed by atoms with Crippen LogP contribution in [0, 0.1) is 0 Å². The molecule has 1 aromatic rings. The van der Waals surface area contributed by atoms with E-state index in [9.17, 15) is 0 Å². The van der Waals surface area contributed by atoms with Crippen LogP contribution in [0.4, 0.5) is 0 Å². The molecule has 0 atom stereocenters. The highest BCUT2D eigenvalue weighted by molar-refractivity contribution is 6.96. The fourth-order valence-electron chi connectivity index (χ4n) is 2.68. The standard InChI is InChI=1S/C12H24N2OSi2/c1-15-10-8-9-13-11(14-10)12(16(2,3)4)17(5,6)7/h8-9,12H,1-7H3. The topological polar surface area (TPSA) is 35.0 Å². The fourth-order valence-corrected chi connectivity index (χ4v) is 14.9. The van der Waals surface area contributed by atoms with Gasteiger partial charge in [0.05, 0.1) is 23.3 Å². The maximum Gasteiger partial charge on any atom is 0.216 e. The van der Waals surface area contributed by atoms with E-state index in [0.717, 1.165) is 5.82 Å². The molecule has 1 heterocycles. The van der Waals surface area contributed by atoms with Crippen LogP contribution in [-0.4, -0.2) is 33.2 Å². The van der Waals surface area contributed by atoms with E-state index in [2.05, 4.69) is 49.3 Å². The Morgan fingerprint density at radius 1 is 1.06 bits per heavy atom. The average molecular weight is 269 g/mol. The smallest absolute Gasteiger partial charge is 0.216 e. The number of ether oxygens (including phenoxy) is 1. The van der Waals surface area contributed by atoms with Gasteiger partial charge in [-0.2, -0.15) is 4.98 Å². The lowest BCUT2D eigenvalue weighted by molar-refractivity contribution is 0.395. The highest BCUT2D eigenvalue weighted by atomic mass is 28.4. The first-order valence-electron chi connectivity index (χ1n) is 6.03. The monoisotopic (exact) mass is 268 g/mol. The van der Waals surface area contributed by atoms with E-state index in [4.69, 9.17) is 4.74 Å². The first-order chi connectivity index (χ1) is 7.66. The number of rotatable bonds is 4.